The normalized spacial score (nSPS) is 14.0. The van der Waals surface area contributed by atoms with Gasteiger partial charge in [-0.15, -0.1) is 0 Å². The molecule has 0 unspecified atom stereocenters. The van der Waals surface area contributed by atoms with Crippen molar-refractivity contribution in [3.8, 4) is 0 Å². The molecule has 0 fully saturated rings. The van der Waals surface area contributed by atoms with Gasteiger partial charge in [0.2, 0.25) is 15.9 Å². The lowest BCUT2D eigenvalue weighted by Crippen LogP contribution is -2.27. The molecular formula is C16H24N2O5S. The summed E-state index contributed by atoms with van der Waals surface area (Å²) in [5.41, 5.74) is 0.264. The lowest BCUT2D eigenvalue weighted by Gasteiger charge is -2.25. The Balaban J connectivity index is 2.96. The molecule has 0 spiro atoms. The maximum atomic E-state index is 12.2. The van der Waals surface area contributed by atoms with Crippen molar-refractivity contribution in [3.05, 3.63) is 23.8 Å². The average Bonchev–Trinajstić information content (AvgIpc) is 2.48. The molecular weight excluding hydrogens is 332 g/mol. The zero-order valence-electron chi connectivity index (χ0n) is 14.3. The van der Waals surface area contributed by atoms with Gasteiger partial charge in [0.05, 0.1) is 11.3 Å². The molecule has 134 valence electrons. The van der Waals surface area contributed by atoms with Crippen LogP contribution in [0.15, 0.2) is 23.1 Å². The van der Waals surface area contributed by atoms with E-state index in [2.05, 4.69) is 10.0 Å². The molecule has 1 amide bonds. The van der Waals surface area contributed by atoms with Gasteiger partial charge < -0.3 is 10.4 Å². The summed E-state index contributed by atoms with van der Waals surface area (Å²) in [6, 6.07) is 4.61. The predicted molar refractivity (Wildman–Crippen MR) is 91.3 cm³/mol. The molecule has 3 N–H and O–H groups in total. The number of aryl methyl sites for hydroxylation is 1. The summed E-state index contributed by atoms with van der Waals surface area (Å²) in [6.45, 7) is 5.24. The molecule has 0 aromatic heterocycles. The van der Waals surface area contributed by atoms with Gasteiger partial charge in [-0.2, -0.15) is 0 Å². The molecule has 0 saturated heterocycles. The number of amides is 1. The minimum absolute atomic E-state index is 0.0395. The van der Waals surface area contributed by atoms with E-state index in [9.17, 15) is 18.0 Å². The van der Waals surface area contributed by atoms with Crippen LogP contribution in [-0.4, -0.2) is 32.4 Å². The Labute approximate surface area is 142 Å². The number of sulfonamides is 1. The molecule has 0 aliphatic heterocycles. The second kappa shape index (κ2) is 7.76. The lowest BCUT2D eigenvalue weighted by atomic mass is 9.80. The number of aliphatic carboxylic acids is 1. The first-order valence-electron chi connectivity index (χ1n) is 7.59. The van der Waals surface area contributed by atoms with E-state index in [0.717, 1.165) is 0 Å². The molecule has 8 heteroatoms. The monoisotopic (exact) mass is 356 g/mol. The Morgan fingerprint density at radius 2 is 1.88 bits per heavy atom. The van der Waals surface area contributed by atoms with Crippen molar-refractivity contribution in [2.45, 2.75) is 44.9 Å². The quantitative estimate of drug-likeness (QED) is 0.660. The molecule has 1 rings (SSSR count). The summed E-state index contributed by atoms with van der Waals surface area (Å²) in [5.74, 6) is -1.30. The van der Waals surface area contributed by atoms with Crippen molar-refractivity contribution in [2.24, 2.45) is 5.41 Å². The van der Waals surface area contributed by atoms with Crippen LogP contribution in [-0.2, 0) is 19.6 Å². The van der Waals surface area contributed by atoms with E-state index in [1.807, 2.05) is 6.92 Å². The first kappa shape index (κ1) is 20.1. The highest BCUT2D eigenvalue weighted by Crippen LogP contribution is 2.30. The third-order valence-electron chi connectivity index (χ3n) is 4.05. The van der Waals surface area contributed by atoms with Gasteiger partial charge in [0.25, 0.3) is 0 Å². The SMILES string of the molecule is CC[C@](C)(CC(=O)O)CC(=O)Nc1ccc(C)c(S(=O)(=O)NC)c1. The van der Waals surface area contributed by atoms with Crippen molar-refractivity contribution in [2.75, 3.05) is 12.4 Å². The fourth-order valence-corrected chi connectivity index (χ4v) is 3.34. The largest absolute Gasteiger partial charge is 0.481 e. The van der Waals surface area contributed by atoms with Crippen LogP contribution in [0.4, 0.5) is 5.69 Å². The van der Waals surface area contributed by atoms with Gasteiger partial charge in [0.15, 0.2) is 0 Å². The molecule has 0 aliphatic carbocycles. The Kier molecular flexibility index (Phi) is 6.50. The predicted octanol–water partition coefficient (Wildman–Crippen LogP) is 2.12. The maximum absolute atomic E-state index is 12.2. The fraction of sp³-hybridized carbons (Fsp3) is 0.500. The molecule has 1 atom stereocenters. The van der Waals surface area contributed by atoms with E-state index in [1.54, 1.807) is 26.0 Å². The molecule has 24 heavy (non-hydrogen) atoms. The highest BCUT2D eigenvalue weighted by molar-refractivity contribution is 7.89. The smallest absolute Gasteiger partial charge is 0.303 e. The standard InChI is InChI=1S/C16H24N2O5S/c1-5-16(3,10-15(20)21)9-14(19)18-12-7-6-11(2)13(8-12)24(22,23)17-4/h6-8,17H,5,9-10H2,1-4H3,(H,18,19)(H,20,21)/t16-/m0/s1. The van der Waals surface area contributed by atoms with Crippen LogP contribution >= 0.6 is 0 Å². The minimum Gasteiger partial charge on any atom is -0.481 e. The van der Waals surface area contributed by atoms with Crippen molar-refractivity contribution in [1.82, 2.24) is 4.72 Å². The van der Waals surface area contributed by atoms with Crippen molar-refractivity contribution in [3.63, 3.8) is 0 Å². The second-order valence-electron chi connectivity index (χ2n) is 6.15. The molecule has 0 radical (unpaired) electrons. The van der Waals surface area contributed by atoms with Crippen LogP contribution in [0.1, 0.15) is 38.7 Å². The zero-order chi connectivity index (χ0) is 18.5. The lowest BCUT2D eigenvalue weighted by molar-refractivity contribution is -0.140. The van der Waals surface area contributed by atoms with Gasteiger partial charge in [-0.3, -0.25) is 9.59 Å². The van der Waals surface area contributed by atoms with Crippen LogP contribution < -0.4 is 10.0 Å². The molecule has 7 nitrogen and oxygen atoms in total. The molecule has 1 aromatic rings. The van der Waals surface area contributed by atoms with E-state index < -0.39 is 21.4 Å². The van der Waals surface area contributed by atoms with Crippen LogP contribution in [0.25, 0.3) is 0 Å². The van der Waals surface area contributed by atoms with Crippen molar-refractivity contribution < 1.29 is 23.1 Å². The minimum atomic E-state index is -3.62. The van der Waals surface area contributed by atoms with E-state index in [-0.39, 0.29) is 23.6 Å². The number of benzene rings is 1. The van der Waals surface area contributed by atoms with Crippen molar-refractivity contribution >= 4 is 27.6 Å². The Bertz CT molecular complexity index is 730. The zero-order valence-corrected chi connectivity index (χ0v) is 15.2. The van der Waals surface area contributed by atoms with E-state index in [0.29, 0.717) is 17.7 Å². The highest BCUT2D eigenvalue weighted by atomic mass is 32.2. The number of nitrogens with one attached hydrogen (secondary N) is 2. The Morgan fingerprint density at radius 3 is 2.38 bits per heavy atom. The number of anilines is 1. The second-order valence-corrected chi connectivity index (χ2v) is 8.00. The molecule has 0 heterocycles. The molecule has 0 aliphatic rings. The average molecular weight is 356 g/mol. The number of hydrogen-bond acceptors (Lipinski definition) is 4. The number of carboxylic acids is 1. The van der Waals surface area contributed by atoms with Gasteiger partial charge >= 0.3 is 5.97 Å². The fourth-order valence-electron chi connectivity index (χ4n) is 2.35. The van der Waals surface area contributed by atoms with Crippen LogP contribution in [0.5, 0.6) is 0 Å². The molecule has 0 saturated carbocycles. The number of rotatable bonds is 8. The van der Waals surface area contributed by atoms with E-state index in [4.69, 9.17) is 5.11 Å². The van der Waals surface area contributed by atoms with Gasteiger partial charge in [0.1, 0.15) is 0 Å². The van der Waals surface area contributed by atoms with E-state index in [1.165, 1.54) is 13.1 Å². The third kappa shape index (κ3) is 5.31. The highest BCUT2D eigenvalue weighted by Gasteiger charge is 2.28. The van der Waals surface area contributed by atoms with E-state index >= 15 is 0 Å². The third-order valence-corrected chi connectivity index (χ3v) is 5.61. The number of carboxylic acid groups (broad SMARTS) is 1. The summed E-state index contributed by atoms with van der Waals surface area (Å²) >= 11 is 0. The maximum Gasteiger partial charge on any atom is 0.303 e. The first-order valence-corrected chi connectivity index (χ1v) is 9.07. The van der Waals surface area contributed by atoms with Gasteiger partial charge in [-0.1, -0.05) is 19.9 Å². The van der Waals surface area contributed by atoms with Crippen molar-refractivity contribution in [1.29, 1.82) is 0 Å². The number of carbonyl (C=O) groups is 2. The topological polar surface area (TPSA) is 113 Å². The summed E-state index contributed by atoms with van der Waals surface area (Å²) in [4.78, 5) is 23.2. The number of carbonyl (C=O) groups excluding carboxylic acids is 1. The van der Waals surface area contributed by atoms with Gasteiger partial charge in [0, 0.05) is 12.1 Å². The summed E-state index contributed by atoms with van der Waals surface area (Å²) in [5, 5.41) is 11.6. The van der Waals surface area contributed by atoms with Gasteiger partial charge in [-0.05, 0) is 43.5 Å². The van der Waals surface area contributed by atoms with Crippen LogP contribution in [0.3, 0.4) is 0 Å². The van der Waals surface area contributed by atoms with Crippen LogP contribution in [0.2, 0.25) is 0 Å². The summed E-state index contributed by atoms with van der Waals surface area (Å²) < 4.78 is 26.2. The number of hydrogen-bond donors (Lipinski definition) is 3. The van der Waals surface area contributed by atoms with Gasteiger partial charge in [-0.25, -0.2) is 13.1 Å². The summed E-state index contributed by atoms with van der Waals surface area (Å²) in [6.07, 6.45) is 0.474. The molecule has 0 bridgehead atoms. The summed E-state index contributed by atoms with van der Waals surface area (Å²) in [7, 11) is -2.30. The molecule has 1 aromatic carbocycles. The Hall–Kier alpha value is -1.93. The Morgan fingerprint density at radius 1 is 1.25 bits per heavy atom. The first-order chi connectivity index (χ1) is 11.0. The van der Waals surface area contributed by atoms with Crippen LogP contribution in [0, 0.1) is 12.3 Å².